The van der Waals surface area contributed by atoms with Crippen LogP contribution in [-0.4, -0.2) is 99.1 Å². The van der Waals surface area contributed by atoms with Gasteiger partial charge in [-0.1, -0.05) is 201 Å². The van der Waals surface area contributed by atoms with Crippen LogP contribution in [0, 0.1) is 71.0 Å². The van der Waals surface area contributed by atoms with Crippen molar-refractivity contribution in [2.75, 3.05) is 99.1 Å². The molecule has 0 aromatic heterocycles. The van der Waals surface area contributed by atoms with Crippen molar-refractivity contribution in [1.29, 1.82) is 0 Å². The molecule has 14 rings (SSSR count). The molecule has 8 nitrogen and oxygen atoms in total. The van der Waals surface area contributed by atoms with Gasteiger partial charge >= 0.3 is 0 Å². The minimum absolute atomic E-state index is 0.356. The van der Waals surface area contributed by atoms with Gasteiger partial charge in [-0.25, -0.2) is 0 Å². The molecule has 0 aliphatic heterocycles. The first-order valence-electron chi connectivity index (χ1n) is 44.4. The van der Waals surface area contributed by atoms with Gasteiger partial charge in [0.15, 0.2) is 0 Å². The number of aryl methyl sites for hydroxylation is 2. The van der Waals surface area contributed by atoms with Crippen molar-refractivity contribution in [3.63, 3.8) is 0 Å². The van der Waals surface area contributed by atoms with Gasteiger partial charge in [-0.3, -0.25) is 0 Å². The Morgan fingerprint density at radius 3 is 1.19 bits per heavy atom. The lowest BCUT2D eigenvalue weighted by Gasteiger charge is -2.39. The zero-order valence-electron chi connectivity index (χ0n) is 67.9. The number of hydrogen-bond acceptors (Lipinski definition) is 8. The minimum atomic E-state index is 0.356. The lowest BCUT2D eigenvalue weighted by atomic mass is 9.68. The van der Waals surface area contributed by atoms with Crippen LogP contribution in [-0.2, 0) is 63.6 Å². The Morgan fingerprint density at radius 2 is 0.680 bits per heavy atom. The standard InChI is InChI=1S/C15H28O.C13H24O.3C12H16O.C11H22O.C10H16O.C10H20O/c1-2-16-12-13-8-10-15(11-9-13)14-6-4-3-5-7-14;1-2-14-10-11-7-8-12-5-3-4-6-13(12)9-11;1-2-13-12-9-5-7-10-6-3-4-8-11(10)12;1-2-13-9-10-7-11-5-3-4-6-12(11)8-10;1-2-13-9-11-8-7-10-5-3-4-6-12(10)11;1-2-12-10-11-8-6-4-3-5-7-9-11;1-2-11-7-10-6-8-3-4-9(10)5-8;1-2-11-9-10-7-5-3-4-6-8-10/h13-15H,2-12H2,1H3;11-13H,2-10H2,1H3;3-4,6,8,12H,2,5,7,9H2,1H3;3-6,10H,2,7-9H2,1H3;3-6,11H,2,7-9H2,1H3;11H,2-10H2,1H3;3-4,8-10H,2,5-7H2,1H3;10H,2-9H2,1H3. The van der Waals surface area contributed by atoms with E-state index in [1.165, 1.54) is 277 Å². The third-order valence-corrected chi connectivity index (χ3v) is 25.4. The number of hydrogen-bond donors (Lipinski definition) is 0. The summed E-state index contributed by atoms with van der Waals surface area (Å²) in [6.45, 7) is 30.4. The van der Waals surface area contributed by atoms with E-state index in [1.807, 2.05) is 0 Å². The van der Waals surface area contributed by atoms with Crippen molar-refractivity contribution >= 4 is 0 Å². The predicted octanol–water partition coefficient (Wildman–Crippen LogP) is 24.9. The normalized spacial score (nSPS) is 26.6. The second kappa shape index (κ2) is 54.6. The third kappa shape index (κ3) is 33.9. The molecule has 0 amide bonds. The summed E-state index contributed by atoms with van der Waals surface area (Å²) in [6.07, 6.45) is 58.8. The lowest BCUT2D eigenvalue weighted by Crippen LogP contribution is -2.29. The summed E-state index contributed by atoms with van der Waals surface area (Å²) in [7, 11) is 0. The van der Waals surface area contributed by atoms with E-state index < -0.39 is 0 Å². The van der Waals surface area contributed by atoms with Crippen LogP contribution in [0.2, 0.25) is 0 Å². The zero-order valence-corrected chi connectivity index (χ0v) is 67.9. The number of rotatable bonds is 24. The zero-order chi connectivity index (χ0) is 72.6. The molecular weight excluding hydrogens is 1270 g/mol. The molecule has 2 bridgehead atoms. The summed E-state index contributed by atoms with van der Waals surface area (Å²) >= 11 is 0. The Bertz CT molecular complexity index is 2510. The van der Waals surface area contributed by atoms with E-state index in [-0.39, 0.29) is 0 Å². The maximum Gasteiger partial charge on any atom is 0.0827 e. The number of ether oxygens (including phenoxy) is 8. The van der Waals surface area contributed by atoms with E-state index in [4.69, 9.17) is 37.9 Å². The van der Waals surface area contributed by atoms with Crippen LogP contribution in [0.3, 0.4) is 0 Å². The first kappa shape index (κ1) is 87.3. The van der Waals surface area contributed by atoms with Gasteiger partial charge in [0.1, 0.15) is 0 Å². The Hall–Kier alpha value is -2.92. The molecule has 0 spiro atoms. The average Bonchev–Trinajstić information content (AvgIpc) is 1.36. The molecule has 8 unspecified atom stereocenters. The van der Waals surface area contributed by atoms with Gasteiger partial charge in [-0.2, -0.15) is 0 Å². The predicted molar refractivity (Wildman–Crippen MR) is 435 cm³/mol. The van der Waals surface area contributed by atoms with Gasteiger partial charge < -0.3 is 37.9 Å². The smallest absolute Gasteiger partial charge is 0.0827 e. The van der Waals surface area contributed by atoms with E-state index >= 15 is 0 Å². The molecule has 103 heavy (non-hydrogen) atoms. The lowest BCUT2D eigenvalue weighted by molar-refractivity contribution is 0.0500. The number of allylic oxidation sites excluding steroid dienone is 2. The van der Waals surface area contributed by atoms with Gasteiger partial charge in [0.05, 0.1) is 12.7 Å². The Balaban J connectivity index is 0.000000165. The molecule has 11 aliphatic rings. The fraction of sp³-hybridized carbons (Fsp3) is 0.789. The molecule has 0 heterocycles. The highest BCUT2D eigenvalue weighted by molar-refractivity contribution is 5.35. The van der Waals surface area contributed by atoms with Crippen LogP contribution in [0.25, 0.3) is 0 Å². The van der Waals surface area contributed by atoms with Gasteiger partial charge in [-0.15, -0.1) is 0 Å². The second-order valence-electron chi connectivity index (χ2n) is 32.9. The van der Waals surface area contributed by atoms with E-state index in [9.17, 15) is 0 Å². The summed E-state index contributed by atoms with van der Waals surface area (Å²) in [5, 5.41) is 0. The van der Waals surface area contributed by atoms with Gasteiger partial charge in [-0.05, 0) is 288 Å². The maximum absolute atomic E-state index is 5.71. The largest absolute Gasteiger partial charge is 0.381 e. The SMILES string of the molecule is CCOC1CCCc2ccccc21.CCOCC1CC2C=CC1C2.CCOCC1CCC(C2CCCCC2)CC1.CCOCC1CCC2CCCCC2C1.CCOCC1CCCCCC1.CCOCC1CCCCCCC1.CCOCC1CCc2ccccc21.CCOCC1Cc2ccccc2C1. The van der Waals surface area contributed by atoms with E-state index in [1.54, 1.807) is 0 Å². The topological polar surface area (TPSA) is 73.8 Å². The number of benzene rings is 3. The summed E-state index contributed by atoms with van der Waals surface area (Å²) in [5.74, 6) is 11.7. The van der Waals surface area contributed by atoms with Crippen LogP contribution in [0.1, 0.15) is 319 Å². The molecule has 3 aromatic carbocycles. The fourth-order valence-corrected chi connectivity index (χ4v) is 19.5. The van der Waals surface area contributed by atoms with Crippen LogP contribution in [0.15, 0.2) is 84.9 Å². The molecule has 8 atom stereocenters. The Morgan fingerprint density at radius 1 is 0.282 bits per heavy atom. The van der Waals surface area contributed by atoms with Gasteiger partial charge in [0, 0.05) is 98.4 Å². The van der Waals surface area contributed by atoms with Crippen molar-refractivity contribution in [1.82, 2.24) is 0 Å². The summed E-state index contributed by atoms with van der Waals surface area (Å²) < 4.78 is 44.1. The summed E-state index contributed by atoms with van der Waals surface area (Å²) in [5.41, 5.74) is 8.96. The molecule has 7 fully saturated rings. The first-order valence-corrected chi connectivity index (χ1v) is 44.4. The van der Waals surface area contributed by atoms with E-state index in [0.29, 0.717) is 12.0 Å². The molecule has 586 valence electrons. The van der Waals surface area contributed by atoms with Crippen LogP contribution in [0.5, 0.6) is 0 Å². The summed E-state index contributed by atoms with van der Waals surface area (Å²) in [6, 6.07) is 26.1. The number of fused-ring (bicyclic) bond motifs is 6. The molecular formula is C95H158O8. The highest BCUT2D eigenvalue weighted by Gasteiger charge is 2.36. The third-order valence-electron chi connectivity index (χ3n) is 25.4. The van der Waals surface area contributed by atoms with Crippen molar-refractivity contribution in [2.45, 2.75) is 311 Å². The Kier molecular flexibility index (Phi) is 46.3. The quantitative estimate of drug-likeness (QED) is 0.0649. The highest BCUT2D eigenvalue weighted by Crippen LogP contribution is 2.45. The maximum atomic E-state index is 5.71. The van der Waals surface area contributed by atoms with Crippen LogP contribution < -0.4 is 0 Å². The van der Waals surface area contributed by atoms with Crippen LogP contribution >= 0.6 is 0 Å². The fourth-order valence-electron chi connectivity index (χ4n) is 19.5. The second-order valence-corrected chi connectivity index (χ2v) is 32.9. The average molecular weight is 1430 g/mol. The molecule has 3 aromatic rings. The van der Waals surface area contributed by atoms with Gasteiger partial charge in [0.2, 0.25) is 0 Å². The van der Waals surface area contributed by atoms with Crippen molar-refractivity contribution in [3.05, 3.63) is 118 Å². The molecule has 0 radical (unpaired) electrons. The molecule has 11 aliphatic carbocycles. The monoisotopic (exact) mass is 1430 g/mol. The molecule has 8 heteroatoms. The van der Waals surface area contributed by atoms with Crippen molar-refractivity contribution in [3.8, 4) is 0 Å². The molecule has 0 N–H and O–H groups in total. The summed E-state index contributed by atoms with van der Waals surface area (Å²) in [4.78, 5) is 0. The molecule has 7 saturated carbocycles. The van der Waals surface area contributed by atoms with Crippen LogP contribution in [0.4, 0.5) is 0 Å². The van der Waals surface area contributed by atoms with E-state index in [2.05, 4.69) is 140 Å². The van der Waals surface area contributed by atoms with Crippen molar-refractivity contribution in [2.24, 2.45) is 71.0 Å². The van der Waals surface area contributed by atoms with Crippen molar-refractivity contribution < 1.29 is 37.9 Å². The van der Waals surface area contributed by atoms with Gasteiger partial charge in [0.25, 0.3) is 0 Å². The van der Waals surface area contributed by atoms with E-state index in [0.717, 1.165) is 170 Å². The molecule has 0 saturated heterocycles. The highest BCUT2D eigenvalue weighted by atomic mass is 16.5. The first-order chi connectivity index (χ1) is 50.8. The Labute approximate surface area is 634 Å². The minimum Gasteiger partial charge on any atom is -0.381 e.